The van der Waals surface area contributed by atoms with Gasteiger partial charge in [-0.15, -0.1) is 10.2 Å². The number of guanidine groups is 1. The quantitative estimate of drug-likeness (QED) is 0.379. The summed E-state index contributed by atoms with van der Waals surface area (Å²) in [5.41, 5.74) is 0. The number of aromatic nitrogens is 3. The highest BCUT2D eigenvalue weighted by molar-refractivity contribution is 5.79. The molecule has 7 nitrogen and oxygen atoms in total. The summed E-state index contributed by atoms with van der Waals surface area (Å²) in [5, 5.41) is 15.1. The Kier molecular flexibility index (Phi) is 9.45. The number of aliphatic imine (C=N–C) groups is 1. The molecule has 1 heterocycles. The molecule has 2 rings (SSSR count). The molecular weight excluding hydrogens is 328 g/mol. The Labute approximate surface area is 158 Å². The summed E-state index contributed by atoms with van der Waals surface area (Å²) < 4.78 is 7.10. The van der Waals surface area contributed by atoms with Crippen LogP contribution in [0.4, 0.5) is 0 Å². The lowest BCUT2D eigenvalue weighted by molar-refractivity contribution is 0.195. The average molecular weight is 365 g/mol. The summed E-state index contributed by atoms with van der Waals surface area (Å²) in [6, 6.07) is 0. The van der Waals surface area contributed by atoms with Crippen LogP contribution in [0.15, 0.2) is 4.99 Å². The average Bonchev–Trinajstić information content (AvgIpc) is 2.98. The number of nitrogens with one attached hydrogen (secondary N) is 2. The van der Waals surface area contributed by atoms with Crippen LogP contribution in [0.3, 0.4) is 0 Å². The first-order valence-electron chi connectivity index (χ1n) is 10.1. The molecule has 0 amide bonds. The maximum Gasteiger partial charge on any atom is 0.191 e. The van der Waals surface area contributed by atoms with Gasteiger partial charge in [-0.05, 0) is 32.1 Å². The normalized spacial score (nSPS) is 16.0. The van der Waals surface area contributed by atoms with Crippen molar-refractivity contribution in [2.75, 3.05) is 26.8 Å². The molecule has 1 fully saturated rings. The van der Waals surface area contributed by atoms with Crippen LogP contribution in [0.1, 0.15) is 63.0 Å². The second-order valence-corrected chi connectivity index (χ2v) is 7.23. The molecule has 1 saturated carbocycles. The van der Waals surface area contributed by atoms with Gasteiger partial charge in [0.2, 0.25) is 0 Å². The van der Waals surface area contributed by atoms with Crippen LogP contribution in [0.2, 0.25) is 0 Å². The number of hydrogen-bond donors (Lipinski definition) is 2. The Morgan fingerprint density at radius 3 is 2.54 bits per heavy atom. The van der Waals surface area contributed by atoms with Crippen molar-refractivity contribution < 1.29 is 4.74 Å². The van der Waals surface area contributed by atoms with Gasteiger partial charge in [-0.1, -0.05) is 32.1 Å². The van der Waals surface area contributed by atoms with E-state index in [1.54, 1.807) is 7.11 Å². The summed E-state index contributed by atoms with van der Waals surface area (Å²) in [5.74, 6) is 3.57. The van der Waals surface area contributed by atoms with Crippen molar-refractivity contribution in [1.29, 1.82) is 0 Å². The van der Waals surface area contributed by atoms with Crippen LogP contribution in [-0.4, -0.2) is 47.5 Å². The number of rotatable bonds is 10. The third-order valence-corrected chi connectivity index (χ3v) is 5.19. The second kappa shape index (κ2) is 11.9. The number of ether oxygens (including phenoxy) is 1. The topological polar surface area (TPSA) is 76.4 Å². The minimum atomic E-state index is 0.527. The second-order valence-electron chi connectivity index (χ2n) is 7.23. The first kappa shape index (κ1) is 20.7. The van der Waals surface area contributed by atoms with Gasteiger partial charge >= 0.3 is 0 Å². The largest absolute Gasteiger partial charge is 0.385 e. The molecule has 1 aromatic rings. The fourth-order valence-corrected chi connectivity index (χ4v) is 3.41. The van der Waals surface area contributed by atoms with Gasteiger partial charge in [0.25, 0.3) is 0 Å². The zero-order valence-electron chi connectivity index (χ0n) is 16.8. The van der Waals surface area contributed by atoms with E-state index in [4.69, 9.17) is 4.74 Å². The molecule has 1 aromatic heterocycles. The molecular formula is C19H36N6O. The summed E-state index contributed by atoms with van der Waals surface area (Å²) in [6.45, 7) is 5.04. The van der Waals surface area contributed by atoms with Crippen molar-refractivity contribution >= 4 is 5.96 Å². The van der Waals surface area contributed by atoms with E-state index in [1.165, 1.54) is 44.9 Å². The predicted molar refractivity (Wildman–Crippen MR) is 105 cm³/mol. The molecule has 0 aromatic carbocycles. The molecule has 0 unspecified atom stereocenters. The highest BCUT2D eigenvalue weighted by Gasteiger charge is 2.12. The SMILES string of the molecule is COCCCNC(=NCc1nnc(C)n1C)NCCCC1CCCCC1. The monoisotopic (exact) mass is 364 g/mol. The summed E-state index contributed by atoms with van der Waals surface area (Å²) in [7, 11) is 3.71. The Morgan fingerprint density at radius 2 is 1.88 bits per heavy atom. The van der Waals surface area contributed by atoms with Crippen LogP contribution in [0.5, 0.6) is 0 Å². The Balaban J connectivity index is 1.77. The zero-order valence-corrected chi connectivity index (χ0v) is 16.8. The third kappa shape index (κ3) is 7.32. The lowest BCUT2D eigenvalue weighted by atomic mass is 9.86. The smallest absolute Gasteiger partial charge is 0.191 e. The van der Waals surface area contributed by atoms with Gasteiger partial charge in [0, 0.05) is 33.9 Å². The van der Waals surface area contributed by atoms with Gasteiger partial charge in [0.05, 0.1) is 0 Å². The van der Waals surface area contributed by atoms with Crippen molar-refractivity contribution in [2.24, 2.45) is 18.0 Å². The van der Waals surface area contributed by atoms with Gasteiger partial charge in [0.1, 0.15) is 12.4 Å². The minimum absolute atomic E-state index is 0.527. The Morgan fingerprint density at radius 1 is 1.15 bits per heavy atom. The summed E-state index contributed by atoms with van der Waals surface area (Å²) >= 11 is 0. The third-order valence-electron chi connectivity index (χ3n) is 5.19. The van der Waals surface area contributed by atoms with Crippen LogP contribution in [0.25, 0.3) is 0 Å². The van der Waals surface area contributed by atoms with E-state index in [1.807, 2.05) is 18.5 Å². The molecule has 0 atom stereocenters. The Hall–Kier alpha value is -1.63. The van der Waals surface area contributed by atoms with Gasteiger partial charge in [-0.3, -0.25) is 0 Å². The zero-order chi connectivity index (χ0) is 18.6. The van der Waals surface area contributed by atoms with Gasteiger partial charge in [0.15, 0.2) is 11.8 Å². The highest BCUT2D eigenvalue weighted by atomic mass is 16.5. The van der Waals surface area contributed by atoms with Crippen molar-refractivity contribution in [1.82, 2.24) is 25.4 Å². The molecule has 148 valence electrons. The summed E-state index contributed by atoms with van der Waals surface area (Å²) in [6.07, 6.45) is 10.6. The number of aryl methyl sites for hydroxylation is 1. The van der Waals surface area contributed by atoms with Crippen molar-refractivity contribution in [3.05, 3.63) is 11.6 Å². The molecule has 0 radical (unpaired) electrons. The maximum absolute atomic E-state index is 5.12. The van der Waals surface area contributed by atoms with Gasteiger partial charge in [-0.25, -0.2) is 4.99 Å². The molecule has 0 saturated heterocycles. The highest BCUT2D eigenvalue weighted by Crippen LogP contribution is 2.26. The van der Waals surface area contributed by atoms with Crippen molar-refractivity contribution in [3.63, 3.8) is 0 Å². The Bertz CT molecular complexity index is 536. The van der Waals surface area contributed by atoms with E-state index < -0.39 is 0 Å². The first-order chi connectivity index (χ1) is 12.7. The maximum atomic E-state index is 5.12. The molecule has 0 spiro atoms. The number of methoxy groups -OCH3 is 1. The van der Waals surface area contributed by atoms with Gasteiger partial charge < -0.3 is 19.9 Å². The van der Waals surface area contributed by atoms with Crippen LogP contribution in [-0.2, 0) is 18.3 Å². The predicted octanol–water partition coefficient (Wildman–Crippen LogP) is 2.56. The van der Waals surface area contributed by atoms with E-state index >= 15 is 0 Å². The molecule has 26 heavy (non-hydrogen) atoms. The van der Waals surface area contributed by atoms with Crippen LogP contribution in [0, 0.1) is 12.8 Å². The molecule has 7 heteroatoms. The lowest BCUT2D eigenvalue weighted by Gasteiger charge is -2.21. The molecule has 1 aliphatic carbocycles. The first-order valence-corrected chi connectivity index (χ1v) is 10.1. The van der Waals surface area contributed by atoms with Crippen molar-refractivity contribution in [3.8, 4) is 0 Å². The summed E-state index contributed by atoms with van der Waals surface area (Å²) in [4.78, 5) is 4.68. The number of nitrogens with zero attached hydrogens (tertiary/aromatic N) is 4. The van der Waals surface area contributed by atoms with E-state index in [-0.39, 0.29) is 0 Å². The van der Waals surface area contributed by atoms with E-state index in [9.17, 15) is 0 Å². The fourth-order valence-electron chi connectivity index (χ4n) is 3.41. The van der Waals surface area contributed by atoms with Crippen LogP contribution >= 0.6 is 0 Å². The standard InChI is InChI=1S/C19H36N6O/c1-16-23-24-18(25(16)2)15-22-19(21-13-8-14-26-3)20-12-7-11-17-9-5-4-6-10-17/h17H,4-15H2,1-3H3,(H2,20,21,22). The van der Waals surface area contributed by atoms with E-state index in [0.29, 0.717) is 6.54 Å². The minimum Gasteiger partial charge on any atom is -0.385 e. The molecule has 2 N–H and O–H groups in total. The van der Waals surface area contributed by atoms with Crippen LogP contribution < -0.4 is 10.6 Å². The molecule has 0 aliphatic heterocycles. The van der Waals surface area contributed by atoms with Crippen molar-refractivity contribution in [2.45, 2.75) is 64.8 Å². The number of hydrogen-bond acceptors (Lipinski definition) is 4. The lowest BCUT2D eigenvalue weighted by Crippen LogP contribution is -2.38. The fraction of sp³-hybridized carbons (Fsp3) is 0.842. The van der Waals surface area contributed by atoms with Gasteiger partial charge in [-0.2, -0.15) is 0 Å². The molecule has 1 aliphatic rings. The van der Waals surface area contributed by atoms with E-state index in [2.05, 4.69) is 25.8 Å². The molecule has 0 bridgehead atoms. The van der Waals surface area contributed by atoms with E-state index in [0.717, 1.165) is 49.6 Å².